The van der Waals surface area contributed by atoms with Gasteiger partial charge in [0, 0.05) is 16.2 Å². The summed E-state index contributed by atoms with van der Waals surface area (Å²) in [6.07, 6.45) is 4.93. The Labute approximate surface area is 283 Å². The lowest BCUT2D eigenvalue weighted by Gasteiger charge is -2.33. The van der Waals surface area contributed by atoms with Gasteiger partial charge in [-0.25, -0.2) is 4.79 Å². The molecule has 248 valence electrons. The number of fused-ring (bicyclic) bond motifs is 3. The SMILES string of the molecule is CCCCC(C)(C)OC(=O)OCCCC1(C)c2cc(C(C)(C)c3ccccc3)ccc2-c2ccc(C(C)(CC)c3ccccc3)cc21. The van der Waals surface area contributed by atoms with Crippen molar-refractivity contribution in [2.24, 2.45) is 0 Å². The smallest absolute Gasteiger partial charge is 0.434 e. The maximum absolute atomic E-state index is 12.7. The molecule has 2 atom stereocenters. The van der Waals surface area contributed by atoms with Crippen molar-refractivity contribution in [1.29, 1.82) is 0 Å². The Morgan fingerprint density at radius 1 is 0.681 bits per heavy atom. The van der Waals surface area contributed by atoms with Crippen molar-refractivity contribution >= 4 is 6.16 Å². The molecule has 0 aromatic heterocycles. The molecule has 0 amide bonds. The van der Waals surface area contributed by atoms with Crippen LogP contribution in [0.2, 0.25) is 0 Å². The van der Waals surface area contributed by atoms with Gasteiger partial charge in [0.2, 0.25) is 0 Å². The topological polar surface area (TPSA) is 35.5 Å². The van der Waals surface area contributed by atoms with Gasteiger partial charge in [-0.15, -0.1) is 0 Å². The molecule has 0 heterocycles. The lowest BCUT2D eigenvalue weighted by molar-refractivity contribution is -0.0219. The van der Waals surface area contributed by atoms with E-state index in [1.165, 1.54) is 44.5 Å². The number of rotatable bonds is 13. The lowest BCUT2D eigenvalue weighted by Crippen LogP contribution is -2.29. The van der Waals surface area contributed by atoms with Crippen LogP contribution in [0.4, 0.5) is 4.79 Å². The van der Waals surface area contributed by atoms with Crippen LogP contribution in [0.1, 0.15) is 127 Å². The van der Waals surface area contributed by atoms with Crippen molar-refractivity contribution in [3.8, 4) is 11.1 Å². The van der Waals surface area contributed by atoms with Gasteiger partial charge in [-0.2, -0.15) is 0 Å². The molecular formula is C44H54O3. The monoisotopic (exact) mass is 630 g/mol. The molecule has 0 spiro atoms. The number of hydrogen-bond donors (Lipinski definition) is 0. The molecule has 1 aliphatic rings. The van der Waals surface area contributed by atoms with Crippen LogP contribution in [0.5, 0.6) is 0 Å². The van der Waals surface area contributed by atoms with E-state index in [2.05, 4.69) is 139 Å². The van der Waals surface area contributed by atoms with E-state index < -0.39 is 11.8 Å². The summed E-state index contributed by atoms with van der Waals surface area (Å²) in [7, 11) is 0. The van der Waals surface area contributed by atoms with Crippen molar-refractivity contribution in [1.82, 2.24) is 0 Å². The molecule has 4 aromatic carbocycles. The summed E-state index contributed by atoms with van der Waals surface area (Å²) in [6.45, 7) is 18.1. The summed E-state index contributed by atoms with van der Waals surface area (Å²) in [6, 6.07) is 35.9. The van der Waals surface area contributed by atoms with Crippen LogP contribution in [0, 0.1) is 0 Å². The minimum atomic E-state index is -0.570. The summed E-state index contributed by atoms with van der Waals surface area (Å²) in [5.41, 5.74) is 9.57. The summed E-state index contributed by atoms with van der Waals surface area (Å²) in [4.78, 5) is 12.7. The molecule has 2 unspecified atom stereocenters. The summed E-state index contributed by atoms with van der Waals surface area (Å²) >= 11 is 0. The molecule has 1 aliphatic carbocycles. The second-order valence-corrected chi connectivity index (χ2v) is 15.1. The van der Waals surface area contributed by atoms with Crippen molar-refractivity contribution < 1.29 is 14.3 Å². The first-order valence-electron chi connectivity index (χ1n) is 17.6. The zero-order chi connectivity index (χ0) is 33.9. The van der Waals surface area contributed by atoms with E-state index in [-0.39, 0.29) is 16.2 Å². The van der Waals surface area contributed by atoms with Gasteiger partial charge in [0.25, 0.3) is 0 Å². The molecule has 3 nitrogen and oxygen atoms in total. The van der Waals surface area contributed by atoms with Crippen LogP contribution in [-0.2, 0) is 25.7 Å². The highest BCUT2D eigenvalue weighted by molar-refractivity contribution is 5.82. The Hall–Kier alpha value is -3.85. The number of unbranched alkanes of at least 4 members (excludes halogenated alkanes) is 1. The molecule has 3 heteroatoms. The fourth-order valence-electron chi connectivity index (χ4n) is 7.51. The predicted octanol–water partition coefficient (Wildman–Crippen LogP) is 11.9. The minimum Gasteiger partial charge on any atom is -0.434 e. The lowest BCUT2D eigenvalue weighted by atomic mass is 9.70. The average molecular weight is 631 g/mol. The third-order valence-corrected chi connectivity index (χ3v) is 11.0. The molecule has 0 N–H and O–H groups in total. The highest BCUT2D eigenvalue weighted by atomic mass is 16.7. The highest BCUT2D eigenvalue weighted by Crippen LogP contribution is 2.53. The molecule has 0 bridgehead atoms. The van der Waals surface area contributed by atoms with Crippen molar-refractivity contribution in [2.75, 3.05) is 6.61 Å². The first-order chi connectivity index (χ1) is 22.4. The first-order valence-corrected chi connectivity index (χ1v) is 17.6. The third-order valence-electron chi connectivity index (χ3n) is 11.0. The van der Waals surface area contributed by atoms with E-state index in [0.29, 0.717) is 6.61 Å². The van der Waals surface area contributed by atoms with Gasteiger partial charge in [0.05, 0.1) is 6.61 Å². The van der Waals surface area contributed by atoms with Crippen LogP contribution >= 0.6 is 0 Å². The molecule has 0 fully saturated rings. The second kappa shape index (κ2) is 13.7. The van der Waals surface area contributed by atoms with Gasteiger partial charge < -0.3 is 9.47 Å². The Kier molecular flexibility index (Phi) is 10.1. The summed E-state index contributed by atoms with van der Waals surface area (Å²) < 4.78 is 11.4. The van der Waals surface area contributed by atoms with E-state index in [9.17, 15) is 4.79 Å². The quantitative estimate of drug-likeness (QED) is 0.109. The number of hydrogen-bond acceptors (Lipinski definition) is 3. The molecule has 0 saturated heterocycles. The fraction of sp³-hybridized carbons (Fsp3) is 0.432. The first kappa shape index (κ1) is 34.5. The van der Waals surface area contributed by atoms with Crippen LogP contribution in [-0.4, -0.2) is 18.4 Å². The molecule has 0 saturated carbocycles. The van der Waals surface area contributed by atoms with Gasteiger partial charge in [0.15, 0.2) is 0 Å². The van der Waals surface area contributed by atoms with Crippen molar-refractivity contribution in [3.05, 3.63) is 130 Å². The Morgan fingerprint density at radius 2 is 1.23 bits per heavy atom. The van der Waals surface area contributed by atoms with Crippen LogP contribution in [0.3, 0.4) is 0 Å². The van der Waals surface area contributed by atoms with Crippen LogP contribution in [0.25, 0.3) is 11.1 Å². The normalized spacial score (nSPS) is 17.0. The fourth-order valence-corrected chi connectivity index (χ4v) is 7.51. The van der Waals surface area contributed by atoms with Gasteiger partial charge in [0.1, 0.15) is 5.60 Å². The number of carbonyl (C=O) groups is 1. The molecule has 0 radical (unpaired) electrons. The zero-order valence-electron chi connectivity index (χ0n) is 29.9. The Bertz CT molecular complexity index is 1670. The van der Waals surface area contributed by atoms with E-state index in [0.717, 1.165) is 38.5 Å². The average Bonchev–Trinajstić information content (AvgIpc) is 3.33. The molecule has 5 rings (SSSR count). The van der Waals surface area contributed by atoms with E-state index in [1.54, 1.807) is 0 Å². The highest BCUT2D eigenvalue weighted by Gasteiger charge is 2.41. The van der Waals surface area contributed by atoms with Gasteiger partial charge in [-0.3, -0.25) is 0 Å². The van der Waals surface area contributed by atoms with E-state index >= 15 is 0 Å². The number of ether oxygens (including phenoxy) is 2. The third kappa shape index (κ3) is 6.91. The molecule has 0 aliphatic heterocycles. The van der Waals surface area contributed by atoms with Crippen molar-refractivity contribution in [2.45, 2.75) is 116 Å². The van der Waals surface area contributed by atoms with E-state index in [4.69, 9.17) is 9.47 Å². The predicted molar refractivity (Wildman–Crippen MR) is 195 cm³/mol. The van der Waals surface area contributed by atoms with Gasteiger partial charge in [-0.1, -0.05) is 145 Å². The molecule has 4 aromatic rings. The summed E-state index contributed by atoms with van der Waals surface area (Å²) in [5, 5.41) is 0. The largest absolute Gasteiger partial charge is 0.508 e. The number of carbonyl (C=O) groups excluding carboxylic acids is 1. The number of benzene rings is 4. The second-order valence-electron chi connectivity index (χ2n) is 15.1. The van der Waals surface area contributed by atoms with Gasteiger partial charge in [-0.05, 0) is 90.5 Å². The maximum atomic E-state index is 12.7. The Morgan fingerprint density at radius 3 is 1.81 bits per heavy atom. The summed E-state index contributed by atoms with van der Waals surface area (Å²) in [5.74, 6) is 0. The zero-order valence-corrected chi connectivity index (χ0v) is 29.9. The minimum absolute atomic E-state index is 0.107. The van der Waals surface area contributed by atoms with E-state index in [1.807, 2.05) is 13.8 Å². The van der Waals surface area contributed by atoms with Gasteiger partial charge >= 0.3 is 6.16 Å². The maximum Gasteiger partial charge on any atom is 0.508 e. The Balaban J connectivity index is 1.49. The van der Waals surface area contributed by atoms with Crippen molar-refractivity contribution in [3.63, 3.8) is 0 Å². The molecular weight excluding hydrogens is 576 g/mol. The molecule has 47 heavy (non-hydrogen) atoms. The van der Waals surface area contributed by atoms with Crippen LogP contribution < -0.4 is 0 Å². The standard InChI is InChI=1S/C44H54O3/c1-9-11-27-41(3,4)47-40(45)46-29-18-28-44(8)38-30-34(42(5,6)32-19-14-12-15-20-32)23-25-36(38)37-26-24-35(31-39(37)44)43(7,10-2)33-21-16-13-17-22-33/h12-17,19-26,30-31H,9-11,18,27-29H2,1-8H3. The van der Waals surface area contributed by atoms with Crippen LogP contribution in [0.15, 0.2) is 97.1 Å².